The van der Waals surface area contributed by atoms with Crippen LogP contribution in [0.4, 0.5) is 0 Å². The topological polar surface area (TPSA) is 78.9 Å². The molecule has 42 heavy (non-hydrogen) atoms. The summed E-state index contributed by atoms with van der Waals surface area (Å²) in [7, 11) is 0. The predicted octanol–water partition coefficient (Wildman–Crippen LogP) is 8.32. The van der Waals surface area contributed by atoms with Gasteiger partial charge in [-0.1, -0.05) is 77.9 Å². The molecule has 3 aromatic rings. The number of rotatable bonds is 12. The molecule has 2 atom stereocenters. The Kier molecular flexibility index (Phi) is 11.5. The predicted molar refractivity (Wildman–Crippen MR) is 165 cm³/mol. The summed E-state index contributed by atoms with van der Waals surface area (Å²) in [5, 5.41) is 0. The zero-order valence-corrected chi connectivity index (χ0v) is 26.0. The van der Waals surface area contributed by atoms with Gasteiger partial charge in [0.1, 0.15) is 18.8 Å². The van der Waals surface area contributed by atoms with Gasteiger partial charge in [0.2, 0.25) is 0 Å². The van der Waals surface area contributed by atoms with E-state index in [-0.39, 0.29) is 6.61 Å². The van der Waals surface area contributed by atoms with Crippen LogP contribution in [0.15, 0.2) is 72.8 Å². The SMILES string of the molecule is CC(C)c1ccc(C(=O)OCC(C(C)OC(=O)c2ccc(C(C)C)cc2)C(C)OC(=O)c2ccc(C(C)C)cc2)cc1. The Morgan fingerprint density at radius 1 is 0.476 bits per heavy atom. The van der Waals surface area contributed by atoms with Crippen LogP contribution in [0.2, 0.25) is 0 Å². The fourth-order valence-corrected chi connectivity index (χ4v) is 4.57. The molecule has 0 saturated heterocycles. The summed E-state index contributed by atoms with van der Waals surface area (Å²) in [6, 6.07) is 21.9. The summed E-state index contributed by atoms with van der Waals surface area (Å²) in [4.78, 5) is 38.9. The lowest BCUT2D eigenvalue weighted by atomic mass is 9.98. The maximum Gasteiger partial charge on any atom is 0.338 e. The normalized spacial score (nSPS) is 13.5. The molecule has 6 heteroatoms. The Labute approximate surface area is 250 Å². The van der Waals surface area contributed by atoms with E-state index in [9.17, 15) is 14.4 Å². The molecule has 0 bridgehead atoms. The van der Waals surface area contributed by atoms with Gasteiger partial charge in [0.05, 0.1) is 22.6 Å². The minimum absolute atomic E-state index is 0.105. The molecular weight excluding hydrogens is 528 g/mol. The maximum absolute atomic E-state index is 13.0. The van der Waals surface area contributed by atoms with E-state index in [2.05, 4.69) is 41.5 Å². The molecule has 0 radical (unpaired) electrons. The molecule has 0 N–H and O–H groups in total. The molecule has 3 aromatic carbocycles. The van der Waals surface area contributed by atoms with Gasteiger partial charge < -0.3 is 14.2 Å². The highest BCUT2D eigenvalue weighted by molar-refractivity contribution is 5.90. The minimum atomic E-state index is -0.718. The summed E-state index contributed by atoms with van der Waals surface area (Å²) in [6.45, 7) is 15.8. The first kappa shape index (κ1) is 32.6. The molecule has 6 nitrogen and oxygen atoms in total. The standard InChI is InChI=1S/C36H44O6/c1-22(2)27-9-15-30(16-10-27)34(37)40-21-33(25(7)41-35(38)31-17-11-28(12-18-31)23(3)4)26(8)42-36(39)32-19-13-29(14-20-32)24(5)6/h9-20,22-26,33H,21H2,1-8H3. The van der Waals surface area contributed by atoms with Gasteiger partial charge in [-0.15, -0.1) is 0 Å². The van der Waals surface area contributed by atoms with Crippen molar-refractivity contribution in [3.8, 4) is 0 Å². The highest BCUT2D eigenvalue weighted by Crippen LogP contribution is 2.23. The summed E-state index contributed by atoms with van der Waals surface area (Å²) in [5.41, 5.74) is 4.61. The van der Waals surface area contributed by atoms with Gasteiger partial charge in [0.25, 0.3) is 0 Å². The summed E-state index contributed by atoms with van der Waals surface area (Å²) in [6.07, 6.45) is -1.44. The van der Waals surface area contributed by atoms with Crippen LogP contribution in [-0.4, -0.2) is 36.7 Å². The van der Waals surface area contributed by atoms with Crippen LogP contribution in [0.5, 0.6) is 0 Å². The fourth-order valence-electron chi connectivity index (χ4n) is 4.57. The van der Waals surface area contributed by atoms with Crippen molar-refractivity contribution in [2.24, 2.45) is 5.92 Å². The summed E-state index contributed by atoms with van der Waals surface area (Å²) < 4.78 is 17.3. The molecule has 0 amide bonds. The molecule has 0 heterocycles. The highest BCUT2D eigenvalue weighted by Gasteiger charge is 2.32. The lowest BCUT2D eigenvalue weighted by Crippen LogP contribution is -2.38. The van der Waals surface area contributed by atoms with Crippen LogP contribution < -0.4 is 0 Å². The molecule has 0 spiro atoms. The van der Waals surface area contributed by atoms with Crippen LogP contribution >= 0.6 is 0 Å². The number of hydrogen-bond acceptors (Lipinski definition) is 6. The second kappa shape index (κ2) is 14.8. The minimum Gasteiger partial charge on any atom is -0.461 e. The molecule has 0 aliphatic rings. The zero-order chi connectivity index (χ0) is 31.0. The average Bonchev–Trinajstić information content (AvgIpc) is 2.97. The first-order chi connectivity index (χ1) is 19.9. The van der Waals surface area contributed by atoms with Crippen molar-refractivity contribution >= 4 is 17.9 Å². The smallest absolute Gasteiger partial charge is 0.338 e. The van der Waals surface area contributed by atoms with E-state index < -0.39 is 36.0 Å². The zero-order valence-electron chi connectivity index (χ0n) is 26.0. The van der Waals surface area contributed by atoms with Gasteiger partial charge in [0.15, 0.2) is 0 Å². The van der Waals surface area contributed by atoms with Crippen LogP contribution in [-0.2, 0) is 14.2 Å². The van der Waals surface area contributed by atoms with Crippen molar-refractivity contribution in [3.63, 3.8) is 0 Å². The molecule has 224 valence electrons. The van der Waals surface area contributed by atoms with Crippen LogP contribution in [0.25, 0.3) is 0 Å². The van der Waals surface area contributed by atoms with Gasteiger partial charge in [-0.25, -0.2) is 14.4 Å². The van der Waals surface area contributed by atoms with Gasteiger partial charge in [-0.2, -0.15) is 0 Å². The van der Waals surface area contributed by atoms with E-state index in [1.54, 1.807) is 50.2 Å². The van der Waals surface area contributed by atoms with E-state index >= 15 is 0 Å². The number of hydrogen-bond donors (Lipinski definition) is 0. The van der Waals surface area contributed by atoms with Gasteiger partial charge in [-0.3, -0.25) is 0 Å². The van der Waals surface area contributed by atoms with Crippen molar-refractivity contribution in [2.75, 3.05) is 6.61 Å². The third-order valence-corrected chi connectivity index (χ3v) is 7.64. The fraction of sp³-hybridized carbons (Fsp3) is 0.417. The Bertz CT molecular complexity index is 1250. The number of ether oxygens (including phenoxy) is 3. The Morgan fingerprint density at radius 3 is 1.05 bits per heavy atom. The quantitative estimate of drug-likeness (QED) is 0.160. The van der Waals surface area contributed by atoms with Crippen LogP contribution in [0, 0.1) is 5.92 Å². The molecule has 0 fully saturated rings. The number of benzene rings is 3. The highest BCUT2D eigenvalue weighted by atomic mass is 16.6. The number of esters is 3. The lowest BCUT2D eigenvalue weighted by Gasteiger charge is -2.29. The lowest BCUT2D eigenvalue weighted by molar-refractivity contribution is -0.0422. The Balaban J connectivity index is 1.75. The monoisotopic (exact) mass is 572 g/mol. The third kappa shape index (κ3) is 8.78. The van der Waals surface area contributed by atoms with Crippen molar-refractivity contribution in [2.45, 2.75) is 85.4 Å². The number of carbonyl (C=O) groups is 3. The van der Waals surface area contributed by atoms with Crippen molar-refractivity contribution in [3.05, 3.63) is 106 Å². The molecule has 0 aliphatic heterocycles. The Morgan fingerprint density at radius 2 is 0.762 bits per heavy atom. The molecule has 2 unspecified atom stereocenters. The molecule has 3 rings (SSSR count). The van der Waals surface area contributed by atoms with Gasteiger partial charge in [-0.05, 0) is 84.7 Å². The largest absolute Gasteiger partial charge is 0.461 e. The van der Waals surface area contributed by atoms with E-state index in [1.807, 2.05) is 36.4 Å². The Hall–Kier alpha value is -3.93. The molecule has 0 aromatic heterocycles. The molecule has 0 saturated carbocycles. The second-order valence-electron chi connectivity index (χ2n) is 11.8. The third-order valence-electron chi connectivity index (χ3n) is 7.64. The van der Waals surface area contributed by atoms with E-state index in [0.29, 0.717) is 34.4 Å². The van der Waals surface area contributed by atoms with E-state index in [1.165, 1.54) is 0 Å². The first-order valence-electron chi connectivity index (χ1n) is 14.8. The molecular formula is C36H44O6. The van der Waals surface area contributed by atoms with E-state index in [4.69, 9.17) is 14.2 Å². The molecule has 0 aliphatic carbocycles. The van der Waals surface area contributed by atoms with Crippen LogP contribution in [0.3, 0.4) is 0 Å². The summed E-state index contributed by atoms with van der Waals surface area (Å²) in [5.74, 6) is -1.09. The first-order valence-corrected chi connectivity index (χ1v) is 14.8. The van der Waals surface area contributed by atoms with Crippen LogP contribution in [0.1, 0.15) is 121 Å². The van der Waals surface area contributed by atoms with E-state index in [0.717, 1.165) is 16.7 Å². The van der Waals surface area contributed by atoms with Gasteiger partial charge >= 0.3 is 17.9 Å². The summed E-state index contributed by atoms with van der Waals surface area (Å²) >= 11 is 0. The van der Waals surface area contributed by atoms with Crippen molar-refractivity contribution in [1.29, 1.82) is 0 Å². The average molecular weight is 573 g/mol. The van der Waals surface area contributed by atoms with Crippen molar-refractivity contribution < 1.29 is 28.6 Å². The number of carbonyl (C=O) groups excluding carboxylic acids is 3. The second-order valence-corrected chi connectivity index (χ2v) is 11.8. The van der Waals surface area contributed by atoms with Crippen molar-refractivity contribution in [1.82, 2.24) is 0 Å². The maximum atomic E-state index is 13.0. The van der Waals surface area contributed by atoms with Gasteiger partial charge in [0, 0.05) is 0 Å².